The Labute approximate surface area is 153 Å². The first kappa shape index (κ1) is 17.1. The van der Waals surface area contributed by atoms with Crippen molar-refractivity contribution in [1.29, 1.82) is 0 Å². The van der Waals surface area contributed by atoms with Gasteiger partial charge in [0.05, 0.1) is 5.69 Å². The number of hydrogen-bond acceptors (Lipinski definition) is 2. The van der Waals surface area contributed by atoms with Crippen molar-refractivity contribution >= 4 is 24.3 Å². The van der Waals surface area contributed by atoms with Crippen molar-refractivity contribution in [2.75, 3.05) is 5.32 Å². The second-order valence-corrected chi connectivity index (χ2v) is 6.26. The fraction of sp³-hybridized carbons (Fsp3) is 0.0952. The molecule has 3 aromatic carbocycles. The highest BCUT2D eigenvalue weighted by Crippen LogP contribution is 2.20. The molecule has 0 aliphatic rings. The number of anilines is 1. The minimum Gasteiger partial charge on any atom is -0.316 e. The molecule has 3 rings (SSSR count). The van der Waals surface area contributed by atoms with Crippen molar-refractivity contribution in [3.05, 3.63) is 96.1 Å². The first-order valence-corrected chi connectivity index (χ1v) is 8.59. The van der Waals surface area contributed by atoms with Gasteiger partial charge in [0.15, 0.2) is 0 Å². The zero-order chi connectivity index (χ0) is 17.5. The molecular formula is C21H20N2OS. The summed E-state index contributed by atoms with van der Waals surface area (Å²) < 4.78 is 0. The summed E-state index contributed by atoms with van der Waals surface area (Å²) in [6.07, 6.45) is 0. The van der Waals surface area contributed by atoms with Crippen molar-refractivity contribution in [3.63, 3.8) is 0 Å². The van der Waals surface area contributed by atoms with Gasteiger partial charge in [0.1, 0.15) is 0 Å². The van der Waals surface area contributed by atoms with E-state index >= 15 is 0 Å². The Balaban J connectivity index is 1.79. The van der Waals surface area contributed by atoms with Gasteiger partial charge in [-0.2, -0.15) is 0 Å². The molecule has 0 aromatic heterocycles. The highest BCUT2D eigenvalue weighted by atomic mass is 32.1. The lowest BCUT2D eigenvalue weighted by molar-refractivity contribution is 0.206. The van der Waals surface area contributed by atoms with E-state index in [1.165, 1.54) is 0 Å². The summed E-state index contributed by atoms with van der Waals surface area (Å²) in [5.74, 6) is 0. The van der Waals surface area contributed by atoms with E-state index in [2.05, 4.69) is 17.9 Å². The third-order valence-corrected chi connectivity index (χ3v) is 4.26. The highest BCUT2D eigenvalue weighted by Gasteiger charge is 2.15. The van der Waals surface area contributed by atoms with Crippen LogP contribution in [0.25, 0.3) is 0 Å². The van der Waals surface area contributed by atoms with Crippen LogP contribution in [0.15, 0.2) is 89.8 Å². The van der Waals surface area contributed by atoms with Gasteiger partial charge in [0.2, 0.25) is 0 Å². The molecule has 0 spiro atoms. The largest absolute Gasteiger partial charge is 0.322 e. The Morgan fingerprint density at radius 1 is 0.760 bits per heavy atom. The number of hydrogen-bond donors (Lipinski definition) is 2. The molecule has 3 aromatic rings. The predicted molar refractivity (Wildman–Crippen MR) is 105 cm³/mol. The van der Waals surface area contributed by atoms with Gasteiger partial charge >= 0.3 is 6.03 Å². The van der Waals surface area contributed by atoms with E-state index in [1.807, 2.05) is 84.9 Å². The van der Waals surface area contributed by atoms with Gasteiger partial charge < -0.3 is 10.2 Å². The SMILES string of the molecule is O=C(Nc1ccccc1S)N(Cc1ccccc1)Cc1ccccc1. The van der Waals surface area contributed by atoms with Crippen LogP contribution in [0.2, 0.25) is 0 Å². The van der Waals surface area contributed by atoms with Crippen molar-refractivity contribution in [3.8, 4) is 0 Å². The summed E-state index contributed by atoms with van der Waals surface area (Å²) >= 11 is 4.41. The molecule has 0 saturated carbocycles. The molecule has 126 valence electrons. The maximum Gasteiger partial charge on any atom is 0.322 e. The summed E-state index contributed by atoms with van der Waals surface area (Å²) in [7, 11) is 0. The summed E-state index contributed by atoms with van der Waals surface area (Å²) in [5.41, 5.74) is 2.89. The Bertz CT molecular complexity index is 780. The number of nitrogens with zero attached hydrogens (tertiary/aromatic N) is 1. The monoisotopic (exact) mass is 348 g/mol. The van der Waals surface area contributed by atoms with Crippen LogP contribution in [0, 0.1) is 0 Å². The van der Waals surface area contributed by atoms with Gasteiger partial charge in [-0.3, -0.25) is 0 Å². The third-order valence-electron chi connectivity index (χ3n) is 3.87. The molecule has 0 bridgehead atoms. The fourth-order valence-corrected chi connectivity index (χ4v) is 2.80. The van der Waals surface area contributed by atoms with Crippen molar-refractivity contribution in [2.45, 2.75) is 18.0 Å². The first-order valence-electron chi connectivity index (χ1n) is 8.14. The van der Waals surface area contributed by atoms with Crippen molar-refractivity contribution < 1.29 is 4.79 Å². The summed E-state index contributed by atoms with van der Waals surface area (Å²) in [5, 5.41) is 2.96. The number of carbonyl (C=O) groups is 1. The fourth-order valence-electron chi connectivity index (χ4n) is 2.58. The molecular weight excluding hydrogens is 328 g/mol. The maximum absolute atomic E-state index is 12.9. The van der Waals surface area contributed by atoms with Gasteiger partial charge in [-0.25, -0.2) is 4.79 Å². The number of urea groups is 1. The summed E-state index contributed by atoms with van der Waals surface area (Å²) in [6.45, 7) is 1.08. The van der Waals surface area contributed by atoms with Gasteiger partial charge in [0.25, 0.3) is 0 Å². The molecule has 2 amide bonds. The second kappa shape index (κ2) is 8.40. The third kappa shape index (κ3) is 4.88. The van der Waals surface area contributed by atoms with Crippen LogP contribution >= 0.6 is 12.6 Å². The Morgan fingerprint density at radius 3 is 1.76 bits per heavy atom. The number of thiol groups is 1. The van der Waals surface area contributed by atoms with E-state index in [9.17, 15) is 4.79 Å². The number of carbonyl (C=O) groups excluding carboxylic acids is 1. The molecule has 0 radical (unpaired) electrons. The van der Waals surface area contributed by atoms with Gasteiger partial charge in [-0.15, -0.1) is 12.6 Å². The summed E-state index contributed by atoms with van der Waals surface area (Å²) in [4.78, 5) is 15.4. The Morgan fingerprint density at radius 2 is 1.24 bits per heavy atom. The molecule has 0 heterocycles. The number of benzene rings is 3. The Hall–Kier alpha value is -2.72. The van der Waals surface area contributed by atoms with E-state index in [0.29, 0.717) is 18.8 Å². The lowest BCUT2D eigenvalue weighted by Gasteiger charge is -2.24. The van der Waals surface area contributed by atoms with Gasteiger partial charge in [-0.05, 0) is 23.3 Å². The van der Waals surface area contributed by atoms with Gasteiger partial charge in [-0.1, -0.05) is 72.8 Å². The van der Waals surface area contributed by atoms with Crippen LogP contribution in [0.4, 0.5) is 10.5 Å². The van der Waals surface area contributed by atoms with Crippen molar-refractivity contribution in [2.24, 2.45) is 0 Å². The maximum atomic E-state index is 12.9. The van der Waals surface area contributed by atoms with Gasteiger partial charge in [0, 0.05) is 18.0 Å². The Kier molecular flexibility index (Phi) is 5.75. The smallest absolute Gasteiger partial charge is 0.316 e. The van der Waals surface area contributed by atoms with Crippen LogP contribution in [0.3, 0.4) is 0 Å². The molecule has 1 N–H and O–H groups in total. The molecule has 0 atom stereocenters. The molecule has 0 unspecified atom stereocenters. The lowest BCUT2D eigenvalue weighted by atomic mass is 10.2. The lowest BCUT2D eigenvalue weighted by Crippen LogP contribution is -2.34. The minimum absolute atomic E-state index is 0.144. The second-order valence-electron chi connectivity index (χ2n) is 5.77. The highest BCUT2D eigenvalue weighted by molar-refractivity contribution is 7.80. The van der Waals surface area contributed by atoms with Crippen LogP contribution in [-0.4, -0.2) is 10.9 Å². The number of rotatable bonds is 5. The average Bonchev–Trinajstić information content (AvgIpc) is 2.65. The minimum atomic E-state index is -0.144. The molecule has 0 aliphatic heterocycles. The quantitative estimate of drug-likeness (QED) is 0.610. The van der Waals surface area contributed by atoms with E-state index in [0.717, 1.165) is 16.0 Å². The topological polar surface area (TPSA) is 32.3 Å². The average molecular weight is 348 g/mol. The summed E-state index contributed by atoms with van der Waals surface area (Å²) in [6, 6.07) is 27.3. The number of amides is 2. The van der Waals surface area contributed by atoms with E-state index in [1.54, 1.807) is 4.90 Å². The van der Waals surface area contributed by atoms with Crippen LogP contribution < -0.4 is 5.32 Å². The molecule has 0 aliphatic carbocycles. The van der Waals surface area contributed by atoms with E-state index < -0.39 is 0 Å². The van der Waals surface area contributed by atoms with E-state index in [-0.39, 0.29) is 6.03 Å². The molecule has 4 heteroatoms. The number of para-hydroxylation sites is 1. The zero-order valence-electron chi connectivity index (χ0n) is 13.8. The van der Waals surface area contributed by atoms with Crippen LogP contribution in [-0.2, 0) is 13.1 Å². The first-order chi connectivity index (χ1) is 12.2. The van der Waals surface area contributed by atoms with Crippen LogP contribution in [0.1, 0.15) is 11.1 Å². The van der Waals surface area contributed by atoms with Crippen molar-refractivity contribution in [1.82, 2.24) is 4.90 Å². The normalized spacial score (nSPS) is 10.3. The standard InChI is InChI=1S/C21H20N2OS/c24-21(22-19-13-7-8-14-20(19)25)23(15-17-9-3-1-4-10-17)16-18-11-5-2-6-12-18/h1-14,25H,15-16H2,(H,22,24). The molecule has 0 fully saturated rings. The number of nitrogens with one attached hydrogen (secondary N) is 1. The molecule has 0 saturated heterocycles. The zero-order valence-corrected chi connectivity index (χ0v) is 14.7. The van der Waals surface area contributed by atoms with Crippen LogP contribution in [0.5, 0.6) is 0 Å². The molecule has 25 heavy (non-hydrogen) atoms. The predicted octanol–water partition coefficient (Wildman–Crippen LogP) is 5.21. The molecule has 3 nitrogen and oxygen atoms in total. The van der Waals surface area contributed by atoms with E-state index in [4.69, 9.17) is 0 Å².